The van der Waals surface area contributed by atoms with Gasteiger partial charge in [0, 0.05) is 0 Å². The van der Waals surface area contributed by atoms with Crippen molar-refractivity contribution < 1.29 is 4.74 Å². The average Bonchev–Trinajstić information content (AvgIpc) is 2.88. The van der Waals surface area contributed by atoms with Crippen molar-refractivity contribution in [2.75, 3.05) is 0 Å². The number of rotatable bonds is 4. The predicted molar refractivity (Wildman–Crippen MR) is 84.1 cm³/mol. The normalized spacial score (nSPS) is 10.6. The number of halogens is 1. The first kappa shape index (κ1) is 13.7. The number of benzene rings is 2. The number of para-hydroxylation sites is 1. The van der Waals surface area contributed by atoms with Crippen molar-refractivity contribution in [1.82, 2.24) is 9.78 Å². The fourth-order valence-electron chi connectivity index (χ4n) is 2.12. The van der Waals surface area contributed by atoms with Crippen molar-refractivity contribution in [3.63, 3.8) is 0 Å². The summed E-state index contributed by atoms with van der Waals surface area (Å²) in [4.78, 5) is 0. The topological polar surface area (TPSA) is 27.1 Å². The Morgan fingerprint density at radius 1 is 1.05 bits per heavy atom. The highest BCUT2D eigenvalue weighted by molar-refractivity contribution is 6.31. The van der Waals surface area contributed by atoms with Crippen LogP contribution in [-0.4, -0.2) is 9.78 Å². The molecule has 3 nitrogen and oxygen atoms in total. The molecule has 0 N–H and O–H groups in total. The van der Waals surface area contributed by atoms with Crippen molar-refractivity contribution in [3.8, 4) is 11.4 Å². The van der Waals surface area contributed by atoms with E-state index in [9.17, 15) is 0 Å². The van der Waals surface area contributed by atoms with Gasteiger partial charge >= 0.3 is 0 Å². The molecule has 0 saturated carbocycles. The predicted octanol–water partition coefficient (Wildman–Crippen LogP) is 4.41. The van der Waals surface area contributed by atoms with E-state index in [0.717, 1.165) is 16.8 Å². The number of aromatic nitrogens is 2. The molecule has 0 aliphatic heterocycles. The van der Waals surface area contributed by atoms with Crippen LogP contribution in [-0.2, 0) is 6.61 Å². The van der Waals surface area contributed by atoms with E-state index in [0.29, 0.717) is 17.5 Å². The van der Waals surface area contributed by atoms with Crippen LogP contribution in [0.4, 0.5) is 0 Å². The molecular weight excluding hydrogens is 284 g/mol. The number of nitrogens with zero attached hydrogens (tertiary/aromatic N) is 2. The highest BCUT2D eigenvalue weighted by Crippen LogP contribution is 2.28. The summed E-state index contributed by atoms with van der Waals surface area (Å²) < 4.78 is 7.44. The van der Waals surface area contributed by atoms with Crippen LogP contribution in [0, 0.1) is 6.92 Å². The van der Waals surface area contributed by atoms with Crippen molar-refractivity contribution in [2.45, 2.75) is 13.5 Å². The van der Waals surface area contributed by atoms with Crippen LogP contribution in [0.15, 0.2) is 60.8 Å². The van der Waals surface area contributed by atoms with Gasteiger partial charge in [0.1, 0.15) is 6.61 Å². The van der Waals surface area contributed by atoms with Crippen LogP contribution in [0.2, 0.25) is 5.15 Å². The molecule has 0 aliphatic rings. The van der Waals surface area contributed by atoms with Gasteiger partial charge in [-0.15, -0.1) is 0 Å². The van der Waals surface area contributed by atoms with Crippen molar-refractivity contribution in [1.29, 1.82) is 0 Å². The van der Waals surface area contributed by atoms with E-state index in [2.05, 4.69) is 5.10 Å². The SMILES string of the molecule is Cc1ccccc1-n1ncc(OCc2ccccc2)c1Cl. The monoisotopic (exact) mass is 298 g/mol. The molecule has 21 heavy (non-hydrogen) atoms. The van der Waals surface area contributed by atoms with Gasteiger partial charge in [-0.3, -0.25) is 0 Å². The van der Waals surface area contributed by atoms with E-state index in [1.54, 1.807) is 10.9 Å². The Morgan fingerprint density at radius 2 is 1.76 bits per heavy atom. The molecule has 0 unspecified atom stereocenters. The van der Waals surface area contributed by atoms with Gasteiger partial charge in [0.05, 0.1) is 11.9 Å². The maximum Gasteiger partial charge on any atom is 0.177 e. The molecule has 0 amide bonds. The zero-order valence-corrected chi connectivity index (χ0v) is 12.4. The third kappa shape index (κ3) is 2.93. The smallest absolute Gasteiger partial charge is 0.177 e. The number of hydrogen-bond acceptors (Lipinski definition) is 2. The van der Waals surface area contributed by atoms with Crippen LogP contribution in [0.5, 0.6) is 5.75 Å². The van der Waals surface area contributed by atoms with E-state index in [-0.39, 0.29) is 0 Å². The van der Waals surface area contributed by atoms with Gasteiger partial charge in [-0.05, 0) is 24.1 Å². The zero-order chi connectivity index (χ0) is 14.7. The minimum absolute atomic E-state index is 0.472. The fourth-order valence-corrected chi connectivity index (χ4v) is 2.36. The average molecular weight is 299 g/mol. The van der Waals surface area contributed by atoms with Crippen LogP contribution >= 0.6 is 11.6 Å². The van der Waals surface area contributed by atoms with Crippen LogP contribution < -0.4 is 4.74 Å². The molecule has 0 aliphatic carbocycles. The lowest BCUT2D eigenvalue weighted by molar-refractivity contribution is 0.306. The van der Waals surface area contributed by atoms with Crippen LogP contribution in [0.1, 0.15) is 11.1 Å². The van der Waals surface area contributed by atoms with Crippen molar-refractivity contribution in [3.05, 3.63) is 77.1 Å². The summed E-state index contributed by atoms with van der Waals surface area (Å²) in [6.07, 6.45) is 1.65. The van der Waals surface area contributed by atoms with Gasteiger partial charge < -0.3 is 4.74 Å². The van der Waals surface area contributed by atoms with E-state index >= 15 is 0 Å². The molecule has 1 aromatic heterocycles. The Labute approximate surface area is 128 Å². The Bertz CT molecular complexity index is 738. The highest BCUT2D eigenvalue weighted by atomic mass is 35.5. The van der Waals surface area contributed by atoms with Crippen LogP contribution in [0.25, 0.3) is 5.69 Å². The van der Waals surface area contributed by atoms with Gasteiger partial charge in [0.25, 0.3) is 0 Å². The lowest BCUT2D eigenvalue weighted by atomic mass is 10.2. The molecule has 0 radical (unpaired) electrons. The molecule has 1 heterocycles. The Balaban J connectivity index is 1.82. The van der Waals surface area contributed by atoms with E-state index in [1.807, 2.05) is 61.5 Å². The van der Waals surface area contributed by atoms with Gasteiger partial charge in [-0.25, -0.2) is 4.68 Å². The molecular formula is C17H15ClN2O. The summed E-state index contributed by atoms with van der Waals surface area (Å²) >= 11 is 6.37. The molecule has 3 rings (SSSR count). The first-order chi connectivity index (χ1) is 10.3. The number of aryl methyl sites for hydroxylation is 1. The van der Waals surface area contributed by atoms with Gasteiger partial charge in [0.2, 0.25) is 0 Å². The standard InChI is InChI=1S/C17H15ClN2O/c1-13-7-5-6-10-15(13)20-17(18)16(11-19-20)21-12-14-8-3-2-4-9-14/h2-11H,12H2,1H3. The molecule has 2 aromatic carbocycles. The molecule has 0 fully saturated rings. The van der Waals surface area contributed by atoms with Gasteiger partial charge in [0.15, 0.2) is 10.9 Å². The second-order valence-electron chi connectivity index (χ2n) is 4.77. The second kappa shape index (κ2) is 6.02. The molecule has 0 atom stereocenters. The Hall–Kier alpha value is -2.26. The molecule has 4 heteroatoms. The highest BCUT2D eigenvalue weighted by Gasteiger charge is 2.12. The summed E-state index contributed by atoms with van der Waals surface area (Å²) in [6, 6.07) is 17.9. The minimum atomic E-state index is 0.472. The number of hydrogen-bond donors (Lipinski definition) is 0. The molecule has 106 valence electrons. The van der Waals surface area contributed by atoms with E-state index < -0.39 is 0 Å². The molecule has 0 saturated heterocycles. The van der Waals surface area contributed by atoms with Crippen molar-refractivity contribution in [2.24, 2.45) is 0 Å². The number of ether oxygens (including phenoxy) is 1. The fraction of sp³-hybridized carbons (Fsp3) is 0.118. The Morgan fingerprint density at radius 3 is 2.52 bits per heavy atom. The van der Waals surface area contributed by atoms with E-state index in [4.69, 9.17) is 16.3 Å². The largest absolute Gasteiger partial charge is 0.484 e. The minimum Gasteiger partial charge on any atom is -0.484 e. The lowest BCUT2D eigenvalue weighted by Crippen LogP contribution is -1.99. The third-order valence-corrected chi connectivity index (χ3v) is 3.61. The second-order valence-corrected chi connectivity index (χ2v) is 5.13. The van der Waals surface area contributed by atoms with Gasteiger partial charge in [-0.1, -0.05) is 60.1 Å². The van der Waals surface area contributed by atoms with Crippen molar-refractivity contribution >= 4 is 11.6 Å². The third-order valence-electron chi connectivity index (χ3n) is 3.26. The molecule has 0 bridgehead atoms. The summed E-state index contributed by atoms with van der Waals surface area (Å²) in [5.41, 5.74) is 3.16. The summed E-state index contributed by atoms with van der Waals surface area (Å²) in [7, 11) is 0. The maximum absolute atomic E-state index is 6.37. The molecule has 0 spiro atoms. The zero-order valence-electron chi connectivity index (χ0n) is 11.7. The summed E-state index contributed by atoms with van der Waals surface area (Å²) in [5, 5.41) is 4.81. The van der Waals surface area contributed by atoms with E-state index in [1.165, 1.54) is 0 Å². The quantitative estimate of drug-likeness (QED) is 0.713. The van der Waals surface area contributed by atoms with Gasteiger partial charge in [-0.2, -0.15) is 5.10 Å². The molecule has 3 aromatic rings. The first-order valence-corrected chi connectivity index (χ1v) is 7.10. The Kier molecular flexibility index (Phi) is 3.93. The summed E-state index contributed by atoms with van der Waals surface area (Å²) in [5.74, 6) is 0.587. The summed E-state index contributed by atoms with van der Waals surface area (Å²) in [6.45, 7) is 2.50. The lowest BCUT2D eigenvalue weighted by Gasteiger charge is -2.08. The van der Waals surface area contributed by atoms with Crippen LogP contribution in [0.3, 0.4) is 0 Å². The first-order valence-electron chi connectivity index (χ1n) is 6.72. The maximum atomic E-state index is 6.37.